The topological polar surface area (TPSA) is 67.9 Å². The van der Waals surface area contributed by atoms with E-state index in [4.69, 9.17) is 9.47 Å². The van der Waals surface area contributed by atoms with Crippen molar-refractivity contribution in [3.05, 3.63) is 46.9 Å². The van der Waals surface area contributed by atoms with E-state index in [1.54, 1.807) is 30.2 Å². The van der Waals surface area contributed by atoms with Crippen LogP contribution >= 0.6 is 15.9 Å². The molecule has 0 saturated carbocycles. The molecule has 1 N–H and O–H groups in total. The van der Waals surface area contributed by atoms with Gasteiger partial charge in [-0.05, 0) is 30.3 Å². The molecule has 0 aliphatic carbocycles. The molecule has 1 aliphatic rings. The molecule has 0 spiro atoms. The van der Waals surface area contributed by atoms with Gasteiger partial charge in [-0.2, -0.15) is 0 Å². The Balaban J connectivity index is 1.74. The van der Waals surface area contributed by atoms with Crippen molar-refractivity contribution in [2.24, 2.45) is 5.92 Å². The lowest BCUT2D eigenvalue weighted by molar-refractivity contribution is -0.122. The Morgan fingerprint density at radius 1 is 1.19 bits per heavy atom. The quantitative estimate of drug-likeness (QED) is 0.806. The Kier molecular flexibility index (Phi) is 5.46. The number of anilines is 2. The summed E-state index contributed by atoms with van der Waals surface area (Å²) < 4.78 is 11.4. The number of nitrogens with zero attached hydrogens (tertiary/aromatic N) is 1. The molecule has 1 heterocycles. The average Bonchev–Trinajstić information content (AvgIpc) is 3.03. The van der Waals surface area contributed by atoms with Gasteiger partial charge in [0, 0.05) is 29.2 Å². The summed E-state index contributed by atoms with van der Waals surface area (Å²) in [6, 6.07) is 12.6. The normalized spacial score (nSPS) is 16.5. The summed E-state index contributed by atoms with van der Waals surface area (Å²) in [4.78, 5) is 26.7. The van der Waals surface area contributed by atoms with Crippen molar-refractivity contribution in [3.63, 3.8) is 0 Å². The first kappa shape index (κ1) is 18.3. The van der Waals surface area contributed by atoms with Crippen LogP contribution in [0.2, 0.25) is 0 Å². The zero-order valence-electron chi connectivity index (χ0n) is 14.5. The predicted molar refractivity (Wildman–Crippen MR) is 103 cm³/mol. The summed E-state index contributed by atoms with van der Waals surface area (Å²) in [7, 11) is 3.09. The number of nitrogens with one attached hydrogen (secondary N) is 1. The summed E-state index contributed by atoms with van der Waals surface area (Å²) in [6.07, 6.45) is 0.171. The highest BCUT2D eigenvalue weighted by Crippen LogP contribution is 2.31. The number of benzene rings is 2. The lowest BCUT2D eigenvalue weighted by Gasteiger charge is -2.17. The van der Waals surface area contributed by atoms with E-state index in [1.165, 1.54) is 7.11 Å². The Hall–Kier alpha value is -2.54. The van der Waals surface area contributed by atoms with Crippen molar-refractivity contribution < 1.29 is 19.1 Å². The summed E-state index contributed by atoms with van der Waals surface area (Å²) in [5.74, 6) is 0.423. The highest BCUT2D eigenvalue weighted by Gasteiger charge is 2.35. The number of rotatable bonds is 5. The van der Waals surface area contributed by atoms with Crippen molar-refractivity contribution in [2.75, 3.05) is 31.0 Å². The van der Waals surface area contributed by atoms with Crippen LogP contribution in [0.25, 0.3) is 0 Å². The van der Waals surface area contributed by atoms with Crippen LogP contribution in [0.1, 0.15) is 6.42 Å². The van der Waals surface area contributed by atoms with Crippen LogP contribution < -0.4 is 19.7 Å². The van der Waals surface area contributed by atoms with E-state index >= 15 is 0 Å². The van der Waals surface area contributed by atoms with Gasteiger partial charge in [0.1, 0.15) is 11.5 Å². The minimum absolute atomic E-state index is 0.0687. The third-order valence-corrected chi connectivity index (χ3v) is 4.77. The number of carbonyl (C=O) groups is 2. The number of hydrogen-bond acceptors (Lipinski definition) is 4. The number of hydrogen-bond donors (Lipinski definition) is 1. The molecule has 1 fully saturated rings. The van der Waals surface area contributed by atoms with E-state index in [1.807, 2.05) is 24.3 Å². The molecule has 136 valence electrons. The molecule has 1 atom stereocenters. The zero-order valence-corrected chi connectivity index (χ0v) is 16.1. The Morgan fingerprint density at radius 2 is 2.00 bits per heavy atom. The van der Waals surface area contributed by atoms with Gasteiger partial charge in [0.05, 0.1) is 25.8 Å². The molecule has 2 amide bonds. The molecule has 6 nitrogen and oxygen atoms in total. The number of methoxy groups -OCH3 is 2. The highest BCUT2D eigenvalue weighted by molar-refractivity contribution is 9.10. The van der Waals surface area contributed by atoms with E-state index in [-0.39, 0.29) is 18.2 Å². The van der Waals surface area contributed by atoms with Crippen LogP contribution in [0.5, 0.6) is 11.5 Å². The zero-order chi connectivity index (χ0) is 18.7. The van der Waals surface area contributed by atoms with E-state index in [9.17, 15) is 9.59 Å². The fraction of sp³-hybridized carbons (Fsp3) is 0.263. The maximum absolute atomic E-state index is 12.7. The van der Waals surface area contributed by atoms with Gasteiger partial charge >= 0.3 is 0 Å². The second-order valence-electron chi connectivity index (χ2n) is 5.94. The van der Waals surface area contributed by atoms with Crippen molar-refractivity contribution in [3.8, 4) is 11.5 Å². The first-order valence-electron chi connectivity index (χ1n) is 8.10. The average molecular weight is 419 g/mol. The minimum atomic E-state index is -0.433. The van der Waals surface area contributed by atoms with Gasteiger partial charge in [-0.1, -0.05) is 22.0 Å². The number of halogens is 1. The molecule has 7 heteroatoms. The Labute approximate surface area is 160 Å². The van der Waals surface area contributed by atoms with Crippen molar-refractivity contribution in [1.82, 2.24) is 0 Å². The van der Waals surface area contributed by atoms with Crippen LogP contribution in [0.3, 0.4) is 0 Å². The summed E-state index contributed by atoms with van der Waals surface area (Å²) in [5.41, 5.74) is 1.30. The summed E-state index contributed by atoms with van der Waals surface area (Å²) >= 11 is 3.40. The molecule has 1 aliphatic heterocycles. The number of amides is 2. The highest BCUT2D eigenvalue weighted by atomic mass is 79.9. The molecule has 1 unspecified atom stereocenters. The molecular weight excluding hydrogens is 400 g/mol. The van der Waals surface area contributed by atoms with E-state index in [0.717, 1.165) is 10.2 Å². The largest absolute Gasteiger partial charge is 0.497 e. The molecule has 0 aromatic heterocycles. The van der Waals surface area contributed by atoms with E-state index < -0.39 is 5.92 Å². The van der Waals surface area contributed by atoms with Gasteiger partial charge in [0.25, 0.3) is 0 Å². The summed E-state index contributed by atoms with van der Waals surface area (Å²) in [6.45, 7) is 0.341. The lowest BCUT2D eigenvalue weighted by Crippen LogP contribution is -2.28. The molecule has 3 rings (SSSR count). The summed E-state index contributed by atoms with van der Waals surface area (Å²) in [5, 5.41) is 2.85. The van der Waals surface area contributed by atoms with Crippen molar-refractivity contribution in [2.45, 2.75) is 6.42 Å². The number of ether oxygens (including phenoxy) is 2. The molecule has 26 heavy (non-hydrogen) atoms. The van der Waals surface area contributed by atoms with Crippen molar-refractivity contribution in [1.29, 1.82) is 0 Å². The first-order chi connectivity index (χ1) is 12.5. The second kappa shape index (κ2) is 7.78. The minimum Gasteiger partial charge on any atom is -0.497 e. The Bertz CT molecular complexity index is 840. The second-order valence-corrected chi connectivity index (χ2v) is 6.86. The van der Waals surface area contributed by atoms with Crippen LogP contribution in [0, 0.1) is 5.92 Å². The van der Waals surface area contributed by atoms with Gasteiger partial charge in [-0.25, -0.2) is 0 Å². The standard InChI is InChI=1S/C19H19BrN2O4/c1-25-15-6-7-17(26-2)16(10-15)21-19(24)12-8-18(23)22(11-12)14-5-3-4-13(20)9-14/h3-7,9-10,12H,8,11H2,1-2H3,(H,21,24). The molecular formula is C19H19BrN2O4. The van der Waals surface area contributed by atoms with Gasteiger partial charge < -0.3 is 19.7 Å². The van der Waals surface area contributed by atoms with Crippen molar-refractivity contribution >= 4 is 39.1 Å². The molecule has 0 radical (unpaired) electrons. The first-order valence-corrected chi connectivity index (χ1v) is 8.90. The lowest BCUT2D eigenvalue weighted by atomic mass is 10.1. The monoisotopic (exact) mass is 418 g/mol. The maximum Gasteiger partial charge on any atom is 0.229 e. The number of carbonyl (C=O) groups excluding carboxylic acids is 2. The SMILES string of the molecule is COc1ccc(OC)c(NC(=O)C2CC(=O)N(c3cccc(Br)c3)C2)c1. The van der Waals surface area contributed by atoms with Gasteiger partial charge in [-0.3, -0.25) is 9.59 Å². The van der Waals surface area contributed by atoms with Crippen LogP contribution in [-0.2, 0) is 9.59 Å². The van der Waals surface area contributed by atoms with Crippen LogP contribution in [-0.4, -0.2) is 32.6 Å². The predicted octanol–water partition coefficient (Wildman–Crippen LogP) is 3.46. The third kappa shape index (κ3) is 3.83. The van der Waals surface area contributed by atoms with Gasteiger partial charge in [0.2, 0.25) is 11.8 Å². The fourth-order valence-electron chi connectivity index (χ4n) is 2.92. The maximum atomic E-state index is 12.7. The Morgan fingerprint density at radius 3 is 2.69 bits per heavy atom. The molecule has 0 bridgehead atoms. The van der Waals surface area contributed by atoms with Crippen LogP contribution in [0.4, 0.5) is 11.4 Å². The van der Waals surface area contributed by atoms with Gasteiger partial charge in [-0.15, -0.1) is 0 Å². The molecule has 2 aromatic rings. The van der Waals surface area contributed by atoms with E-state index in [0.29, 0.717) is 23.7 Å². The third-order valence-electron chi connectivity index (χ3n) is 4.28. The smallest absolute Gasteiger partial charge is 0.229 e. The van der Waals surface area contributed by atoms with Gasteiger partial charge in [0.15, 0.2) is 0 Å². The van der Waals surface area contributed by atoms with E-state index in [2.05, 4.69) is 21.2 Å². The molecule has 2 aromatic carbocycles. The van der Waals surface area contributed by atoms with Crippen LogP contribution in [0.15, 0.2) is 46.9 Å². The fourth-order valence-corrected chi connectivity index (χ4v) is 3.31. The molecule has 1 saturated heterocycles.